The normalized spacial score (nSPS) is 11.2. The van der Waals surface area contributed by atoms with Crippen molar-refractivity contribution in [3.8, 4) is 28.5 Å². The van der Waals surface area contributed by atoms with E-state index in [1.807, 2.05) is 0 Å². The minimum Gasteiger partial charge on any atom is -0.493 e. The highest BCUT2D eigenvalue weighted by molar-refractivity contribution is 7.99. The number of aromatic nitrogens is 6. The van der Waals surface area contributed by atoms with Crippen molar-refractivity contribution in [2.24, 2.45) is 5.92 Å². The average molecular weight is 555 g/mol. The maximum Gasteiger partial charge on any atom is 0.269 e. The van der Waals surface area contributed by atoms with Crippen molar-refractivity contribution in [1.82, 2.24) is 35.3 Å². The summed E-state index contributed by atoms with van der Waals surface area (Å²) in [4.78, 5) is 22.2. The summed E-state index contributed by atoms with van der Waals surface area (Å²) in [5, 5.41) is 19.5. The van der Waals surface area contributed by atoms with E-state index in [0.29, 0.717) is 58.4 Å². The number of carbonyl (C=O) groups is 1. The Balaban J connectivity index is 1.46. The number of anilines is 1. The minimum absolute atomic E-state index is 0.284. The first-order chi connectivity index (χ1) is 18.9. The summed E-state index contributed by atoms with van der Waals surface area (Å²) >= 11 is 1.58. The zero-order valence-corrected chi connectivity index (χ0v) is 23.8. The highest BCUT2D eigenvalue weighted by Crippen LogP contribution is 2.40. The van der Waals surface area contributed by atoms with Gasteiger partial charge < -0.3 is 24.8 Å². The summed E-state index contributed by atoms with van der Waals surface area (Å²) in [7, 11) is 4.64. The van der Waals surface area contributed by atoms with Crippen molar-refractivity contribution >= 4 is 34.5 Å². The molecule has 1 aromatic carbocycles. The second-order valence-corrected chi connectivity index (χ2v) is 10.2. The number of ether oxygens (including phenoxy) is 3. The van der Waals surface area contributed by atoms with Crippen LogP contribution in [-0.4, -0.2) is 76.0 Å². The molecule has 4 aromatic rings. The van der Waals surface area contributed by atoms with Gasteiger partial charge in [0.15, 0.2) is 22.3 Å². The van der Waals surface area contributed by atoms with Crippen LogP contribution in [-0.2, 0) is 6.54 Å². The molecule has 0 aliphatic carbocycles. The number of benzene rings is 1. The molecule has 12 nitrogen and oxygen atoms in total. The van der Waals surface area contributed by atoms with E-state index in [2.05, 4.69) is 51.7 Å². The molecule has 0 saturated heterocycles. The van der Waals surface area contributed by atoms with Gasteiger partial charge in [-0.1, -0.05) is 32.5 Å². The van der Waals surface area contributed by atoms with Gasteiger partial charge in [-0.15, -0.1) is 0 Å². The van der Waals surface area contributed by atoms with Crippen molar-refractivity contribution < 1.29 is 19.0 Å². The number of rotatable bonds is 13. The van der Waals surface area contributed by atoms with Crippen molar-refractivity contribution in [2.45, 2.75) is 32.5 Å². The van der Waals surface area contributed by atoms with E-state index in [4.69, 9.17) is 19.2 Å². The first-order valence-electron chi connectivity index (χ1n) is 12.6. The van der Waals surface area contributed by atoms with Crippen molar-refractivity contribution in [3.05, 3.63) is 30.1 Å². The topological polar surface area (TPSA) is 141 Å². The highest BCUT2D eigenvalue weighted by Gasteiger charge is 2.18. The number of thioether (sulfide) groups is 1. The van der Waals surface area contributed by atoms with Gasteiger partial charge in [0.05, 0.1) is 45.2 Å². The first kappa shape index (κ1) is 28.0. The van der Waals surface area contributed by atoms with Crippen LogP contribution in [0.15, 0.2) is 29.6 Å². The molecule has 0 aliphatic rings. The number of hydrogen-bond acceptors (Lipinski definition) is 10. The summed E-state index contributed by atoms with van der Waals surface area (Å²) in [6.07, 6.45) is 1.76. The monoisotopic (exact) mass is 554 g/mol. The molecule has 39 heavy (non-hydrogen) atoms. The third kappa shape index (κ3) is 6.36. The second-order valence-electron chi connectivity index (χ2n) is 9.00. The van der Waals surface area contributed by atoms with Gasteiger partial charge in [-0.25, -0.2) is 14.6 Å². The Bertz CT molecular complexity index is 1410. The Morgan fingerprint density at radius 1 is 1.10 bits per heavy atom. The molecule has 0 aliphatic heterocycles. The zero-order chi connectivity index (χ0) is 27.9. The van der Waals surface area contributed by atoms with Gasteiger partial charge in [-0.3, -0.25) is 9.89 Å². The SMILES string of the molecule is CCSc1nc(NCC(C)C)c2cnn(CCNC(=O)c3cc(-c4cc(OC)c(OC)c(OC)c4)n[nH]3)c2n1. The molecule has 0 spiro atoms. The van der Waals surface area contributed by atoms with Crippen LogP contribution in [0.25, 0.3) is 22.3 Å². The molecule has 1 amide bonds. The van der Waals surface area contributed by atoms with Gasteiger partial charge >= 0.3 is 0 Å². The number of carbonyl (C=O) groups excluding carboxylic acids is 1. The predicted octanol–water partition coefficient (Wildman–Crippen LogP) is 3.85. The van der Waals surface area contributed by atoms with Crippen LogP contribution in [0.4, 0.5) is 5.82 Å². The first-order valence-corrected chi connectivity index (χ1v) is 13.6. The van der Waals surface area contributed by atoms with Crippen LogP contribution >= 0.6 is 11.8 Å². The van der Waals surface area contributed by atoms with Crippen LogP contribution < -0.4 is 24.8 Å². The molecule has 208 valence electrons. The number of nitrogens with one attached hydrogen (secondary N) is 3. The lowest BCUT2D eigenvalue weighted by atomic mass is 10.1. The quantitative estimate of drug-likeness (QED) is 0.165. The molecule has 3 heterocycles. The predicted molar refractivity (Wildman–Crippen MR) is 151 cm³/mol. The Hall–Kier alpha value is -4.00. The standard InChI is InChI=1S/C26H34N8O4S/c1-7-39-26-30-23(28-13-15(2)3)17-14-29-34(24(17)31-26)9-8-27-25(35)19-12-18(32-33-19)16-10-20(36-4)22(38-6)21(11-16)37-5/h10-12,14-15H,7-9,13H2,1-6H3,(H,27,35)(H,32,33)(H,28,30,31). The third-order valence-electron chi connectivity index (χ3n) is 5.82. The van der Waals surface area contributed by atoms with Gasteiger partial charge in [-0.05, 0) is 29.9 Å². The Morgan fingerprint density at radius 3 is 2.49 bits per heavy atom. The molecule has 0 atom stereocenters. The number of hydrogen-bond donors (Lipinski definition) is 3. The smallest absolute Gasteiger partial charge is 0.269 e. The number of fused-ring (bicyclic) bond motifs is 1. The Kier molecular flexibility index (Phi) is 9.12. The largest absolute Gasteiger partial charge is 0.493 e. The summed E-state index contributed by atoms with van der Waals surface area (Å²) in [6.45, 7) is 7.95. The van der Waals surface area contributed by atoms with Crippen LogP contribution in [0.3, 0.4) is 0 Å². The lowest BCUT2D eigenvalue weighted by molar-refractivity contribution is 0.0947. The van der Waals surface area contributed by atoms with Crippen molar-refractivity contribution in [1.29, 1.82) is 0 Å². The van der Waals surface area contributed by atoms with Crippen LogP contribution in [0, 0.1) is 5.92 Å². The lowest BCUT2D eigenvalue weighted by Crippen LogP contribution is -2.27. The van der Waals surface area contributed by atoms with E-state index in [-0.39, 0.29) is 5.91 Å². The summed E-state index contributed by atoms with van der Waals surface area (Å²) in [5.41, 5.74) is 2.34. The maximum atomic E-state index is 12.9. The Morgan fingerprint density at radius 2 is 1.85 bits per heavy atom. The fourth-order valence-corrected chi connectivity index (χ4v) is 4.48. The van der Waals surface area contributed by atoms with E-state index in [0.717, 1.165) is 29.1 Å². The van der Waals surface area contributed by atoms with Crippen LogP contribution in [0.2, 0.25) is 0 Å². The van der Waals surface area contributed by atoms with Gasteiger partial charge in [0.2, 0.25) is 5.75 Å². The van der Waals surface area contributed by atoms with Crippen molar-refractivity contribution in [3.63, 3.8) is 0 Å². The average Bonchev–Trinajstić information content (AvgIpc) is 3.59. The van der Waals surface area contributed by atoms with Gasteiger partial charge in [0.25, 0.3) is 5.91 Å². The molecule has 4 rings (SSSR count). The van der Waals surface area contributed by atoms with E-state index in [1.165, 1.54) is 0 Å². The highest BCUT2D eigenvalue weighted by atomic mass is 32.2. The van der Waals surface area contributed by atoms with Gasteiger partial charge in [0.1, 0.15) is 11.5 Å². The summed E-state index contributed by atoms with van der Waals surface area (Å²) in [5.74, 6) is 3.31. The van der Waals surface area contributed by atoms with E-state index < -0.39 is 0 Å². The van der Waals surface area contributed by atoms with E-state index in [9.17, 15) is 4.79 Å². The molecule has 13 heteroatoms. The molecule has 0 saturated carbocycles. The minimum atomic E-state index is -0.284. The number of nitrogens with zero attached hydrogens (tertiary/aromatic N) is 5. The summed E-state index contributed by atoms with van der Waals surface area (Å²) in [6, 6.07) is 5.23. The molecule has 3 aromatic heterocycles. The van der Waals surface area contributed by atoms with Crippen molar-refractivity contribution in [2.75, 3.05) is 45.5 Å². The molecule has 0 bridgehead atoms. The number of amides is 1. The number of aromatic amines is 1. The molecule has 0 radical (unpaired) electrons. The van der Waals surface area contributed by atoms with Gasteiger partial charge in [-0.2, -0.15) is 10.2 Å². The van der Waals surface area contributed by atoms with Gasteiger partial charge in [0, 0.05) is 18.7 Å². The molecule has 0 unspecified atom stereocenters. The maximum absolute atomic E-state index is 12.9. The number of methoxy groups -OCH3 is 3. The number of H-pyrrole nitrogens is 1. The van der Waals surface area contributed by atoms with E-state index in [1.54, 1.807) is 62.2 Å². The fraction of sp³-hybridized carbons (Fsp3) is 0.423. The van der Waals surface area contributed by atoms with Crippen LogP contribution in [0.5, 0.6) is 17.2 Å². The lowest BCUT2D eigenvalue weighted by Gasteiger charge is -2.13. The van der Waals surface area contributed by atoms with Crippen LogP contribution in [0.1, 0.15) is 31.3 Å². The third-order valence-corrected chi connectivity index (χ3v) is 6.55. The molecular weight excluding hydrogens is 520 g/mol. The molecule has 3 N–H and O–H groups in total. The Labute approximate surface area is 231 Å². The summed E-state index contributed by atoms with van der Waals surface area (Å²) < 4.78 is 18.0. The molecule has 0 fully saturated rings. The second kappa shape index (κ2) is 12.7. The molecular formula is C26H34N8O4S. The fourth-order valence-electron chi connectivity index (χ4n) is 3.91. The van der Waals surface area contributed by atoms with E-state index >= 15 is 0 Å². The zero-order valence-electron chi connectivity index (χ0n) is 23.0.